The van der Waals surface area contributed by atoms with Crippen molar-refractivity contribution in [3.63, 3.8) is 0 Å². The molecule has 1 aromatic heterocycles. The monoisotopic (exact) mass is 185 g/mol. The molecule has 0 spiro atoms. The summed E-state index contributed by atoms with van der Waals surface area (Å²) in [4.78, 5) is 4.08. The molecule has 0 radical (unpaired) electrons. The van der Waals surface area contributed by atoms with Gasteiger partial charge in [-0.3, -0.25) is 0 Å². The van der Waals surface area contributed by atoms with E-state index in [1.807, 2.05) is 27.8 Å². The van der Waals surface area contributed by atoms with Gasteiger partial charge in [-0.1, -0.05) is 19.0 Å². The van der Waals surface area contributed by atoms with Crippen LogP contribution in [0.25, 0.3) is 0 Å². The lowest BCUT2D eigenvalue weighted by molar-refractivity contribution is 0.362. The van der Waals surface area contributed by atoms with E-state index >= 15 is 0 Å². The van der Waals surface area contributed by atoms with Gasteiger partial charge in [0.15, 0.2) is 5.82 Å². The molecule has 0 saturated heterocycles. The number of nitrogens with one attached hydrogen (secondary N) is 1. The molecule has 0 aromatic carbocycles. The molecule has 1 aromatic rings. The van der Waals surface area contributed by atoms with E-state index in [0.717, 1.165) is 6.42 Å². The SMILES string of the molecule is CC.CNC(C)Cc1nc(C)no1. The van der Waals surface area contributed by atoms with Gasteiger partial charge in [0, 0.05) is 12.5 Å². The van der Waals surface area contributed by atoms with Gasteiger partial charge in [-0.2, -0.15) is 4.98 Å². The van der Waals surface area contributed by atoms with Gasteiger partial charge in [0.1, 0.15) is 0 Å². The summed E-state index contributed by atoms with van der Waals surface area (Å²) in [5.41, 5.74) is 0. The summed E-state index contributed by atoms with van der Waals surface area (Å²) in [5.74, 6) is 1.40. The zero-order valence-corrected chi connectivity index (χ0v) is 9.09. The predicted molar refractivity (Wildman–Crippen MR) is 52.6 cm³/mol. The van der Waals surface area contributed by atoms with Crippen LogP contribution in [-0.2, 0) is 6.42 Å². The molecule has 0 aliphatic heterocycles. The first-order chi connectivity index (χ1) is 6.22. The maximum Gasteiger partial charge on any atom is 0.228 e. The quantitative estimate of drug-likeness (QED) is 0.776. The topological polar surface area (TPSA) is 51.0 Å². The summed E-state index contributed by atoms with van der Waals surface area (Å²) in [5, 5.41) is 6.78. The Bertz CT molecular complexity index is 222. The summed E-state index contributed by atoms with van der Waals surface area (Å²) in [6, 6.07) is 0.384. The standard InChI is InChI=1S/C7H13N3O.C2H6/c1-5(8-3)4-7-9-6(2)10-11-7;1-2/h5,8H,4H2,1-3H3;1-2H3. The number of likely N-dealkylation sites (N-methyl/N-ethyl adjacent to an activating group) is 1. The molecular weight excluding hydrogens is 166 g/mol. The van der Waals surface area contributed by atoms with Gasteiger partial charge in [-0.05, 0) is 20.9 Å². The van der Waals surface area contributed by atoms with Gasteiger partial charge in [0.2, 0.25) is 5.89 Å². The molecule has 0 fully saturated rings. The van der Waals surface area contributed by atoms with E-state index in [1.165, 1.54) is 0 Å². The molecule has 0 aliphatic carbocycles. The Kier molecular flexibility index (Phi) is 6.14. The van der Waals surface area contributed by atoms with Crippen LogP contribution in [0.5, 0.6) is 0 Å². The summed E-state index contributed by atoms with van der Waals surface area (Å²) >= 11 is 0. The molecule has 1 unspecified atom stereocenters. The Morgan fingerprint density at radius 2 is 2.08 bits per heavy atom. The summed E-state index contributed by atoms with van der Waals surface area (Å²) in [6.45, 7) is 7.89. The number of hydrogen-bond donors (Lipinski definition) is 1. The number of rotatable bonds is 3. The third kappa shape index (κ3) is 4.62. The van der Waals surface area contributed by atoms with Gasteiger partial charge >= 0.3 is 0 Å². The molecule has 0 aliphatic rings. The Labute approximate surface area is 79.7 Å². The molecule has 4 nitrogen and oxygen atoms in total. The van der Waals surface area contributed by atoms with Crippen LogP contribution in [0, 0.1) is 6.92 Å². The van der Waals surface area contributed by atoms with E-state index in [0.29, 0.717) is 17.8 Å². The zero-order chi connectivity index (χ0) is 10.3. The second kappa shape index (κ2) is 6.60. The predicted octanol–water partition coefficient (Wildman–Crippen LogP) is 1.55. The average Bonchev–Trinajstić information content (AvgIpc) is 2.54. The van der Waals surface area contributed by atoms with E-state index in [1.54, 1.807) is 0 Å². The minimum absolute atomic E-state index is 0.384. The van der Waals surface area contributed by atoms with Crippen molar-refractivity contribution in [2.45, 2.75) is 40.2 Å². The molecule has 13 heavy (non-hydrogen) atoms. The lowest BCUT2D eigenvalue weighted by Gasteiger charge is -2.04. The van der Waals surface area contributed by atoms with Crippen molar-refractivity contribution < 1.29 is 4.52 Å². The first-order valence-electron chi connectivity index (χ1n) is 4.69. The molecule has 1 N–H and O–H groups in total. The summed E-state index contributed by atoms with van der Waals surface area (Å²) in [7, 11) is 1.91. The highest BCUT2D eigenvalue weighted by atomic mass is 16.5. The molecule has 1 atom stereocenters. The van der Waals surface area contributed by atoms with Crippen molar-refractivity contribution in [2.24, 2.45) is 0 Å². The fraction of sp³-hybridized carbons (Fsp3) is 0.778. The van der Waals surface area contributed by atoms with Crippen LogP contribution in [0.15, 0.2) is 4.52 Å². The smallest absolute Gasteiger partial charge is 0.228 e. The first-order valence-corrected chi connectivity index (χ1v) is 4.69. The van der Waals surface area contributed by atoms with Crippen molar-refractivity contribution in [1.82, 2.24) is 15.5 Å². The number of nitrogens with zero attached hydrogens (tertiary/aromatic N) is 2. The maximum atomic E-state index is 4.94. The Morgan fingerprint density at radius 1 is 1.46 bits per heavy atom. The van der Waals surface area contributed by atoms with Gasteiger partial charge in [-0.25, -0.2) is 0 Å². The Balaban J connectivity index is 0.000000671. The van der Waals surface area contributed by atoms with E-state index in [-0.39, 0.29) is 0 Å². The molecule has 4 heteroatoms. The van der Waals surface area contributed by atoms with E-state index in [4.69, 9.17) is 4.52 Å². The van der Waals surface area contributed by atoms with Gasteiger partial charge in [0.05, 0.1) is 0 Å². The average molecular weight is 185 g/mol. The Morgan fingerprint density at radius 3 is 2.46 bits per heavy atom. The second-order valence-electron chi connectivity index (χ2n) is 2.63. The van der Waals surface area contributed by atoms with Crippen molar-refractivity contribution >= 4 is 0 Å². The van der Waals surface area contributed by atoms with Crippen LogP contribution in [0.4, 0.5) is 0 Å². The maximum absolute atomic E-state index is 4.94. The van der Waals surface area contributed by atoms with Crippen LogP contribution in [0.1, 0.15) is 32.5 Å². The highest BCUT2D eigenvalue weighted by molar-refractivity contribution is 4.85. The highest BCUT2D eigenvalue weighted by Gasteiger charge is 2.06. The molecule has 0 bridgehead atoms. The van der Waals surface area contributed by atoms with Crippen LogP contribution in [0.3, 0.4) is 0 Å². The van der Waals surface area contributed by atoms with Crippen molar-refractivity contribution in [3.05, 3.63) is 11.7 Å². The van der Waals surface area contributed by atoms with Gasteiger partial charge in [0.25, 0.3) is 0 Å². The fourth-order valence-electron chi connectivity index (χ4n) is 0.787. The number of aryl methyl sites for hydroxylation is 1. The molecule has 76 valence electrons. The van der Waals surface area contributed by atoms with E-state index in [9.17, 15) is 0 Å². The van der Waals surface area contributed by atoms with Crippen LogP contribution < -0.4 is 5.32 Å². The number of aromatic nitrogens is 2. The molecule has 0 saturated carbocycles. The van der Waals surface area contributed by atoms with Crippen LogP contribution >= 0.6 is 0 Å². The zero-order valence-electron chi connectivity index (χ0n) is 9.09. The normalized spacial score (nSPS) is 11.8. The van der Waals surface area contributed by atoms with E-state index < -0.39 is 0 Å². The third-order valence-electron chi connectivity index (χ3n) is 1.54. The Hall–Kier alpha value is -0.900. The molecule has 1 rings (SSSR count). The van der Waals surface area contributed by atoms with Crippen LogP contribution in [-0.4, -0.2) is 23.2 Å². The second-order valence-corrected chi connectivity index (χ2v) is 2.63. The lowest BCUT2D eigenvalue weighted by atomic mass is 10.2. The van der Waals surface area contributed by atoms with Crippen molar-refractivity contribution in [3.8, 4) is 0 Å². The third-order valence-corrected chi connectivity index (χ3v) is 1.54. The largest absolute Gasteiger partial charge is 0.339 e. The minimum atomic E-state index is 0.384. The highest BCUT2D eigenvalue weighted by Crippen LogP contribution is 1.99. The van der Waals surface area contributed by atoms with Crippen LogP contribution in [0.2, 0.25) is 0 Å². The molecule has 0 amide bonds. The number of hydrogen-bond acceptors (Lipinski definition) is 4. The minimum Gasteiger partial charge on any atom is -0.339 e. The summed E-state index contributed by atoms with van der Waals surface area (Å²) in [6.07, 6.45) is 0.789. The first kappa shape index (κ1) is 12.1. The fourth-order valence-corrected chi connectivity index (χ4v) is 0.787. The lowest BCUT2D eigenvalue weighted by Crippen LogP contribution is -2.23. The van der Waals surface area contributed by atoms with Crippen molar-refractivity contribution in [1.29, 1.82) is 0 Å². The summed E-state index contributed by atoms with van der Waals surface area (Å²) < 4.78 is 4.94. The van der Waals surface area contributed by atoms with E-state index in [2.05, 4.69) is 22.4 Å². The molecule has 1 heterocycles. The van der Waals surface area contributed by atoms with Crippen molar-refractivity contribution in [2.75, 3.05) is 7.05 Å². The van der Waals surface area contributed by atoms with Gasteiger partial charge in [-0.15, -0.1) is 0 Å². The van der Waals surface area contributed by atoms with Gasteiger partial charge < -0.3 is 9.84 Å². The molecular formula is C9H19N3O.